The molecule has 0 saturated heterocycles. The summed E-state index contributed by atoms with van der Waals surface area (Å²) < 4.78 is 14.8. The van der Waals surface area contributed by atoms with Gasteiger partial charge in [0.05, 0.1) is 0 Å². The van der Waals surface area contributed by atoms with Crippen LogP contribution in [0.1, 0.15) is 30.4 Å². The molecule has 1 heterocycles. The number of rotatable bonds is 5. The summed E-state index contributed by atoms with van der Waals surface area (Å²) in [6.07, 6.45) is 2.58. The second kappa shape index (κ2) is 6.48. The van der Waals surface area contributed by atoms with Gasteiger partial charge in [-0.2, -0.15) is 0 Å². The zero-order valence-electron chi connectivity index (χ0n) is 10.7. The highest BCUT2D eigenvalue weighted by Crippen LogP contribution is 2.28. The lowest BCUT2D eigenvalue weighted by atomic mass is 9.99. The van der Waals surface area contributed by atoms with Crippen LogP contribution >= 0.6 is 15.9 Å². The lowest BCUT2D eigenvalue weighted by Gasteiger charge is -2.29. The van der Waals surface area contributed by atoms with Crippen molar-refractivity contribution in [1.82, 2.24) is 4.90 Å². The molecule has 0 amide bonds. The van der Waals surface area contributed by atoms with Gasteiger partial charge in [0, 0.05) is 29.5 Å². The summed E-state index contributed by atoms with van der Waals surface area (Å²) >= 11 is 3.47. The number of halogens is 2. The number of nitrogens with zero attached hydrogens (tertiary/aromatic N) is 1. The molecule has 2 rings (SSSR count). The van der Waals surface area contributed by atoms with E-state index in [1.54, 1.807) is 6.07 Å². The summed E-state index contributed by atoms with van der Waals surface area (Å²) in [5.41, 5.74) is 1.85. The Kier molecular flexibility index (Phi) is 4.93. The Morgan fingerprint density at radius 1 is 1.37 bits per heavy atom. The van der Waals surface area contributed by atoms with Crippen molar-refractivity contribution in [1.29, 1.82) is 0 Å². The average molecular weight is 330 g/mol. The Hall–Kier alpha value is -0.940. The first kappa shape index (κ1) is 14.5. The van der Waals surface area contributed by atoms with Crippen molar-refractivity contribution in [2.45, 2.75) is 32.2 Å². The number of carboxylic acid groups (broad SMARTS) is 1. The van der Waals surface area contributed by atoms with E-state index < -0.39 is 5.97 Å². The molecule has 1 aliphatic heterocycles. The molecule has 0 fully saturated rings. The maximum atomic E-state index is 13.8. The van der Waals surface area contributed by atoms with E-state index in [0.717, 1.165) is 41.5 Å². The van der Waals surface area contributed by atoms with E-state index in [4.69, 9.17) is 5.11 Å². The number of carboxylic acids is 1. The molecule has 1 aromatic carbocycles. The van der Waals surface area contributed by atoms with Crippen LogP contribution in [0.3, 0.4) is 0 Å². The monoisotopic (exact) mass is 329 g/mol. The SMILES string of the molecule is O=C(O)CCCCN1CCc2c(Br)ccc(F)c2C1. The fourth-order valence-electron chi connectivity index (χ4n) is 2.45. The molecule has 3 nitrogen and oxygen atoms in total. The summed E-state index contributed by atoms with van der Waals surface area (Å²) in [5.74, 6) is -0.896. The van der Waals surface area contributed by atoms with Gasteiger partial charge in [-0.25, -0.2) is 4.39 Å². The van der Waals surface area contributed by atoms with E-state index in [1.807, 2.05) is 0 Å². The smallest absolute Gasteiger partial charge is 0.303 e. The molecular weight excluding hydrogens is 313 g/mol. The highest BCUT2D eigenvalue weighted by Gasteiger charge is 2.20. The Balaban J connectivity index is 1.91. The van der Waals surface area contributed by atoms with Gasteiger partial charge in [-0.05, 0) is 43.5 Å². The minimum Gasteiger partial charge on any atom is -0.481 e. The first-order valence-electron chi connectivity index (χ1n) is 6.48. The van der Waals surface area contributed by atoms with E-state index in [0.29, 0.717) is 13.0 Å². The highest BCUT2D eigenvalue weighted by molar-refractivity contribution is 9.10. The van der Waals surface area contributed by atoms with Gasteiger partial charge < -0.3 is 5.11 Å². The molecule has 0 unspecified atom stereocenters. The van der Waals surface area contributed by atoms with Crippen LogP contribution in [0.15, 0.2) is 16.6 Å². The number of carbonyl (C=O) groups is 1. The number of unbranched alkanes of at least 4 members (excludes halogenated alkanes) is 1. The largest absolute Gasteiger partial charge is 0.481 e. The molecule has 1 aliphatic rings. The van der Waals surface area contributed by atoms with Crippen molar-refractivity contribution >= 4 is 21.9 Å². The van der Waals surface area contributed by atoms with Crippen LogP contribution in [0.5, 0.6) is 0 Å². The Morgan fingerprint density at radius 2 is 2.16 bits per heavy atom. The van der Waals surface area contributed by atoms with Crippen LogP contribution in [-0.2, 0) is 17.8 Å². The van der Waals surface area contributed by atoms with Crippen molar-refractivity contribution in [3.8, 4) is 0 Å². The number of aliphatic carboxylic acids is 1. The highest BCUT2D eigenvalue weighted by atomic mass is 79.9. The van der Waals surface area contributed by atoms with E-state index >= 15 is 0 Å². The average Bonchev–Trinajstić information content (AvgIpc) is 2.39. The van der Waals surface area contributed by atoms with Crippen LogP contribution in [0, 0.1) is 5.82 Å². The summed E-state index contributed by atoms with van der Waals surface area (Å²) in [6.45, 7) is 2.36. The van der Waals surface area contributed by atoms with Crippen molar-refractivity contribution in [3.63, 3.8) is 0 Å². The van der Waals surface area contributed by atoms with E-state index in [9.17, 15) is 9.18 Å². The van der Waals surface area contributed by atoms with Crippen LogP contribution in [-0.4, -0.2) is 29.1 Å². The Morgan fingerprint density at radius 3 is 2.89 bits per heavy atom. The molecule has 0 aromatic heterocycles. The Bertz CT molecular complexity index is 479. The molecule has 0 saturated carbocycles. The molecule has 19 heavy (non-hydrogen) atoms. The minimum absolute atomic E-state index is 0.145. The van der Waals surface area contributed by atoms with Crippen LogP contribution in [0.25, 0.3) is 0 Å². The molecule has 0 aliphatic carbocycles. The third-order valence-electron chi connectivity index (χ3n) is 3.49. The van der Waals surface area contributed by atoms with Crippen LogP contribution in [0.2, 0.25) is 0 Å². The van der Waals surface area contributed by atoms with Gasteiger partial charge in [0.2, 0.25) is 0 Å². The van der Waals surface area contributed by atoms with Crippen molar-refractivity contribution in [2.75, 3.05) is 13.1 Å². The van der Waals surface area contributed by atoms with Gasteiger partial charge in [-0.3, -0.25) is 9.69 Å². The summed E-state index contributed by atoms with van der Waals surface area (Å²) in [6, 6.07) is 3.26. The molecule has 0 radical (unpaired) electrons. The van der Waals surface area contributed by atoms with E-state index in [1.165, 1.54) is 6.07 Å². The number of fused-ring (bicyclic) bond motifs is 1. The summed E-state index contributed by atoms with van der Waals surface area (Å²) in [5, 5.41) is 8.58. The Labute approximate surface area is 120 Å². The molecular formula is C14H17BrFNO2. The lowest BCUT2D eigenvalue weighted by molar-refractivity contribution is -0.137. The molecule has 0 bridgehead atoms. The summed E-state index contributed by atoms with van der Waals surface area (Å²) in [4.78, 5) is 12.6. The van der Waals surface area contributed by atoms with Gasteiger partial charge in [-0.15, -0.1) is 0 Å². The van der Waals surface area contributed by atoms with E-state index in [-0.39, 0.29) is 12.2 Å². The second-order valence-corrected chi connectivity index (χ2v) is 5.72. The first-order valence-corrected chi connectivity index (χ1v) is 7.27. The van der Waals surface area contributed by atoms with Gasteiger partial charge >= 0.3 is 5.97 Å². The topological polar surface area (TPSA) is 40.5 Å². The maximum absolute atomic E-state index is 13.8. The fourth-order valence-corrected chi connectivity index (χ4v) is 3.02. The predicted octanol–water partition coefficient (Wildman–Crippen LogP) is 3.20. The zero-order valence-corrected chi connectivity index (χ0v) is 12.2. The number of hydrogen-bond donors (Lipinski definition) is 1. The molecule has 1 aromatic rings. The van der Waals surface area contributed by atoms with Gasteiger partial charge in [0.25, 0.3) is 0 Å². The normalized spacial score (nSPS) is 15.3. The van der Waals surface area contributed by atoms with Gasteiger partial charge in [0.1, 0.15) is 5.82 Å². The van der Waals surface area contributed by atoms with Gasteiger partial charge in [-0.1, -0.05) is 15.9 Å². The first-order chi connectivity index (χ1) is 9.08. The number of benzene rings is 1. The predicted molar refractivity (Wildman–Crippen MR) is 74.6 cm³/mol. The maximum Gasteiger partial charge on any atom is 0.303 e. The zero-order chi connectivity index (χ0) is 13.8. The van der Waals surface area contributed by atoms with Crippen molar-refractivity contribution < 1.29 is 14.3 Å². The van der Waals surface area contributed by atoms with E-state index in [2.05, 4.69) is 20.8 Å². The third kappa shape index (κ3) is 3.76. The minimum atomic E-state index is -0.751. The lowest BCUT2D eigenvalue weighted by Crippen LogP contribution is -2.32. The standard InChI is InChI=1S/C14H17BrFNO2/c15-12-4-5-13(16)11-9-17(8-6-10(11)12)7-2-1-3-14(18)19/h4-5H,1-3,6-9H2,(H,18,19). The second-order valence-electron chi connectivity index (χ2n) is 4.86. The summed E-state index contributed by atoms with van der Waals surface area (Å²) in [7, 11) is 0. The molecule has 104 valence electrons. The van der Waals surface area contributed by atoms with Crippen molar-refractivity contribution in [2.24, 2.45) is 0 Å². The quantitative estimate of drug-likeness (QED) is 0.843. The molecule has 5 heteroatoms. The van der Waals surface area contributed by atoms with Gasteiger partial charge in [0.15, 0.2) is 0 Å². The van der Waals surface area contributed by atoms with Crippen LogP contribution < -0.4 is 0 Å². The molecule has 0 spiro atoms. The number of hydrogen-bond acceptors (Lipinski definition) is 2. The van der Waals surface area contributed by atoms with Crippen molar-refractivity contribution in [3.05, 3.63) is 33.5 Å². The third-order valence-corrected chi connectivity index (χ3v) is 4.23. The fraction of sp³-hybridized carbons (Fsp3) is 0.500. The molecule has 0 atom stereocenters. The molecule has 1 N–H and O–H groups in total. The van der Waals surface area contributed by atoms with Crippen LogP contribution in [0.4, 0.5) is 4.39 Å².